The zero-order valence-corrected chi connectivity index (χ0v) is 33.0. The Morgan fingerprint density at radius 2 is 1.31 bits per heavy atom. The largest absolute Gasteiger partial charge is 0.490 e. The molecule has 2 aliphatic heterocycles. The number of aromatic nitrogens is 4. The molecule has 0 aromatic carbocycles. The number of piperazine rings is 2. The molecule has 0 radical (unpaired) electrons. The Hall–Kier alpha value is -3.85. The highest BCUT2D eigenvalue weighted by Crippen LogP contribution is 2.27. The van der Waals surface area contributed by atoms with Gasteiger partial charge in [0.1, 0.15) is 14.8 Å². The number of nitrogens with one attached hydrogen (secondary N) is 1. The molecule has 0 spiro atoms. The van der Waals surface area contributed by atoms with Crippen molar-refractivity contribution in [1.29, 1.82) is 0 Å². The van der Waals surface area contributed by atoms with E-state index in [1.54, 1.807) is 4.90 Å². The second-order valence-electron chi connectivity index (χ2n) is 12.2. The zero-order chi connectivity index (χ0) is 39.4. The van der Waals surface area contributed by atoms with Crippen molar-refractivity contribution < 1.29 is 51.7 Å². The van der Waals surface area contributed by atoms with Crippen LogP contribution in [0.1, 0.15) is 83.3 Å². The van der Waals surface area contributed by atoms with Crippen molar-refractivity contribution >= 4 is 67.5 Å². The van der Waals surface area contributed by atoms with Crippen LogP contribution < -0.4 is 15.1 Å². The lowest BCUT2D eigenvalue weighted by Crippen LogP contribution is -2.56. The van der Waals surface area contributed by atoms with Crippen molar-refractivity contribution in [3.05, 3.63) is 33.0 Å². The quantitative estimate of drug-likeness (QED) is 0.254. The standard InChI is InChI=1S/C17H25BrN4O4.C12H17BrN4O2.C2HF3O2.2CH4/c1-6-11-10-21(7-8-22(11)16(24)26-17(2,3)4)14-13(18)20-12(9-19-14)15(23)25-5;1-3-8-7-17(5-4-14-8)11-10(13)16-9(6-15-11)12(18)19-2;3-2(4,5)1(6)7;;/h9,11H,6-8,10H2,1-5H3;6,8,14H,3-5,7H2,1-2H3;(H,6,7);2*1H4/t11-;8-;;;/m00.../s1. The molecule has 2 aromatic heterocycles. The van der Waals surface area contributed by atoms with E-state index in [2.05, 4.69) is 78.4 Å². The van der Waals surface area contributed by atoms with Crippen LogP contribution in [0.15, 0.2) is 21.6 Å². The molecule has 2 fully saturated rings. The average Bonchev–Trinajstić information content (AvgIpc) is 3.09. The molecule has 4 rings (SSSR count). The van der Waals surface area contributed by atoms with E-state index >= 15 is 0 Å². The van der Waals surface area contributed by atoms with E-state index in [1.165, 1.54) is 26.6 Å². The van der Waals surface area contributed by atoms with Crippen molar-refractivity contribution in [3.8, 4) is 0 Å². The summed E-state index contributed by atoms with van der Waals surface area (Å²) in [5.41, 5.74) is -0.173. The van der Waals surface area contributed by atoms with Crippen molar-refractivity contribution in [1.82, 2.24) is 30.2 Å². The van der Waals surface area contributed by atoms with Crippen LogP contribution in [-0.2, 0) is 19.0 Å². The molecule has 54 heavy (non-hydrogen) atoms. The number of carboxylic acids is 1. The van der Waals surface area contributed by atoms with E-state index in [4.69, 9.17) is 14.6 Å². The van der Waals surface area contributed by atoms with E-state index in [0.29, 0.717) is 40.7 Å². The highest BCUT2D eigenvalue weighted by molar-refractivity contribution is 9.10. The lowest BCUT2D eigenvalue weighted by Gasteiger charge is -2.42. The Labute approximate surface area is 330 Å². The summed E-state index contributed by atoms with van der Waals surface area (Å²) < 4.78 is 47.6. The van der Waals surface area contributed by atoms with E-state index in [1.807, 2.05) is 32.6 Å². The van der Waals surface area contributed by atoms with Gasteiger partial charge in [0.2, 0.25) is 0 Å². The molecule has 2 aromatic rings. The SMILES string of the molecule is C.C.CC[C@H]1CN(c2ncc(C(=O)OC)nc2Br)CCN1.CC[C@H]1CN(c2ncc(C(=O)OC)nc2Br)CCN1C(=O)OC(C)(C)C.O=C(O)C(F)(F)F. The van der Waals surface area contributed by atoms with Crippen molar-refractivity contribution in [2.45, 2.75) is 86.2 Å². The molecule has 2 N–H and O–H groups in total. The fourth-order valence-corrected chi connectivity index (χ4v) is 5.89. The molecule has 2 aliphatic rings. The Balaban J connectivity index is 0.000000882. The highest BCUT2D eigenvalue weighted by atomic mass is 79.9. The van der Waals surface area contributed by atoms with Crippen LogP contribution in [0.25, 0.3) is 0 Å². The van der Waals surface area contributed by atoms with Gasteiger partial charge in [0.05, 0.1) is 32.7 Å². The Kier molecular flexibility index (Phi) is 20.9. The third-order valence-electron chi connectivity index (χ3n) is 7.39. The van der Waals surface area contributed by atoms with Crippen molar-refractivity contribution in [2.24, 2.45) is 0 Å². The van der Waals surface area contributed by atoms with Crippen molar-refractivity contribution in [3.63, 3.8) is 0 Å². The molecule has 0 saturated carbocycles. The first-order valence-electron chi connectivity index (χ1n) is 16.0. The summed E-state index contributed by atoms with van der Waals surface area (Å²) in [4.78, 5) is 67.3. The first-order chi connectivity index (χ1) is 24.3. The van der Waals surface area contributed by atoms with Crippen LogP contribution in [0.2, 0.25) is 0 Å². The zero-order valence-electron chi connectivity index (χ0n) is 29.8. The lowest BCUT2D eigenvalue weighted by atomic mass is 10.1. The third-order valence-corrected chi connectivity index (χ3v) is 8.45. The summed E-state index contributed by atoms with van der Waals surface area (Å²) in [6.45, 7) is 14.2. The predicted molar refractivity (Wildman–Crippen MR) is 203 cm³/mol. The van der Waals surface area contributed by atoms with Crippen LogP contribution >= 0.6 is 31.9 Å². The maximum atomic E-state index is 12.4. The summed E-state index contributed by atoms with van der Waals surface area (Å²) in [6, 6.07) is 0.468. The van der Waals surface area contributed by atoms with Gasteiger partial charge in [0, 0.05) is 45.3 Å². The summed E-state index contributed by atoms with van der Waals surface area (Å²) in [6.07, 6.45) is -0.666. The molecule has 4 heterocycles. The number of esters is 2. The molecule has 2 saturated heterocycles. The smallest absolute Gasteiger partial charge is 0.475 e. The summed E-state index contributed by atoms with van der Waals surface area (Å²) in [7, 11) is 2.63. The molecule has 0 aliphatic carbocycles. The number of nitrogens with zero attached hydrogens (tertiary/aromatic N) is 7. The molecule has 16 nitrogen and oxygen atoms in total. The summed E-state index contributed by atoms with van der Waals surface area (Å²) in [5.74, 6) is -2.36. The van der Waals surface area contributed by atoms with Gasteiger partial charge in [0.25, 0.3) is 0 Å². The average molecular weight is 905 g/mol. The van der Waals surface area contributed by atoms with Crippen LogP contribution in [-0.4, -0.2) is 131 Å². The number of alkyl halides is 3. The monoisotopic (exact) mass is 902 g/mol. The van der Waals surface area contributed by atoms with Crippen LogP contribution in [0.4, 0.5) is 29.6 Å². The Morgan fingerprint density at radius 3 is 1.69 bits per heavy atom. The fourth-order valence-electron chi connectivity index (χ4n) is 4.80. The second-order valence-corrected chi connectivity index (χ2v) is 13.7. The number of carboxylic acid groups (broad SMARTS) is 1. The number of methoxy groups -OCH3 is 2. The van der Waals surface area contributed by atoms with Crippen LogP contribution in [0, 0.1) is 0 Å². The van der Waals surface area contributed by atoms with Gasteiger partial charge in [-0.3, -0.25) is 0 Å². The summed E-state index contributed by atoms with van der Waals surface area (Å²) >= 11 is 6.76. The molecular formula is C33H51Br2F3N8O8. The number of anilines is 2. The topological polar surface area (TPSA) is 190 Å². The van der Waals surface area contributed by atoms with E-state index < -0.39 is 29.7 Å². The van der Waals surface area contributed by atoms with Gasteiger partial charge in [-0.15, -0.1) is 0 Å². The number of ether oxygens (including phenoxy) is 3. The number of aliphatic carboxylic acids is 1. The fraction of sp³-hybridized carbons (Fsp3) is 0.636. The minimum Gasteiger partial charge on any atom is -0.475 e. The molecule has 2 atom stereocenters. The normalized spacial score (nSPS) is 16.9. The predicted octanol–water partition coefficient (Wildman–Crippen LogP) is 5.98. The maximum absolute atomic E-state index is 12.4. The van der Waals surface area contributed by atoms with Crippen LogP contribution in [0.5, 0.6) is 0 Å². The van der Waals surface area contributed by atoms with E-state index in [0.717, 1.165) is 38.3 Å². The van der Waals surface area contributed by atoms with Gasteiger partial charge < -0.3 is 39.3 Å². The number of halogens is 5. The number of carbonyl (C=O) groups excluding carboxylic acids is 3. The third kappa shape index (κ3) is 15.1. The first kappa shape index (κ1) is 50.1. The van der Waals surface area contributed by atoms with Crippen molar-refractivity contribution in [2.75, 3.05) is 63.3 Å². The Bertz CT molecular complexity index is 1550. The summed E-state index contributed by atoms with van der Waals surface area (Å²) in [5, 5.41) is 10.6. The minimum absolute atomic E-state index is 0. The number of carbonyl (C=O) groups is 4. The van der Waals surface area contributed by atoms with Gasteiger partial charge in [-0.1, -0.05) is 28.7 Å². The molecule has 306 valence electrons. The number of hydrogen-bond acceptors (Lipinski definition) is 14. The highest BCUT2D eigenvalue weighted by Gasteiger charge is 2.38. The number of rotatable bonds is 6. The van der Waals surface area contributed by atoms with Gasteiger partial charge in [-0.2, -0.15) is 13.2 Å². The molecule has 0 unspecified atom stereocenters. The first-order valence-corrected chi connectivity index (χ1v) is 17.6. The van der Waals surface area contributed by atoms with Gasteiger partial charge >= 0.3 is 30.2 Å². The lowest BCUT2D eigenvalue weighted by molar-refractivity contribution is -0.192. The molecule has 21 heteroatoms. The maximum Gasteiger partial charge on any atom is 0.490 e. The molecule has 1 amide bonds. The second kappa shape index (κ2) is 22.5. The van der Waals surface area contributed by atoms with Gasteiger partial charge in [-0.05, 0) is 65.5 Å². The van der Waals surface area contributed by atoms with Gasteiger partial charge in [-0.25, -0.2) is 39.1 Å². The van der Waals surface area contributed by atoms with Gasteiger partial charge in [0.15, 0.2) is 23.0 Å². The molecular weight excluding hydrogens is 853 g/mol. The number of amides is 1. The van der Waals surface area contributed by atoms with E-state index in [9.17, 15) is 27.6 Å². The Morgan fingerprint density at radius 1 is 0.852 bits per heavy atom. The van der Waals surface area contributed by atoms with Crippen LogP contribution in [0.3, 0.4) is 0 Å². The molecule has 0 bridgehead atoms. The minimum atomic E-state index is -5.08. The number of hydrogen-bond donors (Lipinski definition) is 2. The van der Waals surface area contributed by atoms with E-state index in [-0.39, 0.29) is 38.4 Å².